The van der Waals surface area contributed by atoms with Crippen LogP contribution in [-0.2, 0) is 11.2 Å². The minimum absolute atomic E-state index is 0.141. The predicted octanol–water partition coefficient (Wildman–Crippen LogP) is 4.27. The molecule has 2 aromatic rings. The lowest BCUT2D eigenvalue weighted by Gasteiger charge is -2.17. The minimum atomic E-state index is -0.548. The van der Waals surface area contributed by atoms with Gasteiger partial charge in [0, 0.05) is 5.69 Å². The third-order valence-corrected chi connectivity index (χ3v) is 3.67. The highest BCUT2D eigenvalue weighted by Gasteiger charge is 2.16. The van der Waals surface area contributed by atoms with E-state index < -0.39 is 6.10 Å². The number of aryl methyl sites for hydroxylation is 3. The summed E-state index contributed by atoms with van der Waals surface area (Å²) in [5.74, 6) is 0.631. The van der Waals surface area contributed by atoms with Gasteiger partial charge in [-0.25, -0.2) is 0 Å². The topological polar surface area (TPSA) is 38.3 Å². The predicted molar refractivity (Wildman–Crippen MR) is 90.5 cm³/mol. The fraction of sp³-hybridized carbons (Fsp3) is 0.316. The van der Waals surface area contributed by atoms with Gasteiger partial charge in [-0.3, -0.25) is 4.79 Å². The molecule has 1 N–H and O–H groups in total. The number of para-hydroxylation sites is 1. The van der Waals surface area contributed by atoms with Crippen LogP contribution in [0.4, 0.5) is 5.69 Å². The average Bonchev–Trinajstić information content (AvgIpc) is 2.50. The third-order valence-electron chi connectivity index (χ3n) is 3.67. The number of carbonyl (C=O) groups is 1. The van der Waals surface area contributed by atoms with Crippen molar-refractivity contribution in [3.8, 4) is 5.75 Å². The van der Waals surface area contributed by atoms with Crippen molar-refractivity contribution in [2.45, 2.75) is 40.2 Å². The number of nitrogens with one attached hydrogen (secondary N) is 1. The molecule has 3 heteroatoms. The maximum atomic E-state index is 12.3. The summed E-state index contributed by atoms with van der Waals surface area (Å²) in [6.45, 7) is 7.86. The van der Waals surface area contributed by atoms with Crippen molar-refractivity contribution in [1.29, 1.82) is 0 Å². The zero-order valence-corrected chi connectivity index (χ0v) is 13.6. The molecule has 0 bridgehead atoms. The summed E-state index contributed by atoms with van der Waals surface area (Å²) in [6, 6.07) is 13.8. The molecule has 0 aromatic heterocycles. The van der Waals surface area contributed by atoms with Crippen LogP contribution in [0.5, 0.6) is 5.75 Å². The van der Waals surface area contributed by atoms with E-state index in [2.05, 4.69) is 12.2 Å². The molecular formula is C19H23NO2. The van der Waals surface area contributed by atoms with Crippen LogP contribution in [-0.4, -0.2) is 12.0 Å². The molecule has 1 atom stereocenters. The number of hydrogen-bond donors (Lipinski definition) is 1. The number of hydrogen-bond acceptors (Lipinski definition) is 2. The Bertz CT molecular complexity index is 664. The molecule has 116 valence electrons. The minimum Gasteiger partial charge on any atom is -0.481 e. The molecule has 0 aliphatic rings. The van der Waals surface area contributed by atoms with Gasteiger partial charge in [0.05, 0.1) is 0 Å². The van der Waals surface area contributed by atoms with Crippen LogP contribution < -0.4 is 10.1 Å². The van der Waals surface area contributed by atoms with Gasteiger partial charge in [0.1, 0.15) is 5.75 Å². The molecule has 1 amide bonds. The fourth-order valence-electron chi connectivity index (χ4n) is 2.34. The van der Waals surface area contributed by atoms with E-state index >= 15 is 0 Å². The largest absolute Gasteiger partial charge is 0.481 e. The van der Waals surface area contributed by atoms with Crippen molar-refractivity contribution in [3.05, 3.63) is 59.2 Å². The Morgan fingerprint density at radius 1 is 1.18 bits per heavy atom. The van der Waals surface area contributed by atoms with Crippen molar-refractivity contribution in [3.63, 3.8) is 0 Å². The lowest BCUT2D eigenvalue weighted by molar-refractivity contribution is -0.122. The van der Waals surface area contributed by atoms with Crippen LogP contribution in [0.3, 0.4) is 0 Å². The number of amides is 1. The lowest BCUT2D eigenvalue weighted by atomic mass is 10.1. The van der Waals surface area contributed by atoms with E-state index in [-0.39, 0.29) is 5.91 Å². The summed E-state index contributed by atoms with van der Waals surface area (Å²) in [6.07, 6.45) is 0.329. The Morgan fingerprint density at radius 2 is 1.91 bits per heavy atom. The molecule has 0 saturated heterocycles. The number of carbonyl (C=O) groups excluding carboxylic acids is 1. The summed E-state index contributed by atoms with van der Waals surface area (Å²) in [4.78, 5) is 12.3. The highest BCUT2D eigenvalue weighted by molar-refractivity contribution is 5.94. The van der Waals surface area contributed by atoms with E-state index in [1.165, 1.54) is 5.56 Å². The smallest absolute Gasteiger partial charge is 0.265 e. The third kappa shape index (κ3) is 3.88. The van der Waals surface area contributed by atoms with Gasteiger partial charge in [-0.2, -0.15) is 0 Å². The van der Waals surface area contributed by atoms with Crippen LogP contribution >= 0.6 is 0 Å². The fourth-order valence-corrected chi connectivity index (χ4v) is 2.34. The Kier molecular flexibility index (Phi) is 5.21. The summed E-state index contributed by atoms with van der Waals surface area (Å²) in [7, 11) is 0. The molecule has 0 aliphatic heterocycles. The number of ether oxygens (including phenoxy) is 1. The van der Waals surface area contributed by atoms with Gasteiger partial charge in [-0.15, -0.1) is 0 Å². The molecule has 0 spiro atoms. The summed E-state index contributed by atoms with van der Waals surface area (Å²) in [5, 5.41) is 2.93. The molecule has 0 aliphatic carbocycles. The first-order chi connectivity index (χ1) is 10.5. The molecule has 0 heterocycles. The molecule has 0 saturated carbocycles. The van der Waals surface area contributed by atoms with Gasteiger partial charge in [0.25, 0.3) is 5.91 Å². The van der Waals surface area contributed by atoms with Crippen LogP contribution in [0.1, 0.15) is 30.5 Å². The molecule has 2 aromatic carbocycles. The highest BCUT2D eigenvalue weighted by atomic mass is 16.5. The lowest BCUT2D eigenvalue weighted by Crippen LogP contribution is -2.30. The quantitative estimate of drug-likeness (QED) is 0.895. The summed E-state index contributed by atoms with van der Waals surface area (Å²) < 4.78 is 5.82. The molecule has 22 heavy (non-hydrogen) atoms. The first-order valence-corrected chi connectivity index (χ1v) is 7.64. The Morgan fingerprint density at radius 3 is 2.59 bits per heavy atom. The maximum Gasteiger partial charge on any atom is 0.265 e. The van der Waals surface area contributed by atoms with E-state index in [0.717, 1.165) is 29.0 Å². The molecule has 3 nitrogen and oxygen atoms in total. The van der Waals surface area contributed by atoms with Crippen LogP contribution in [0.25, 0.3) is 0 Å². The molecule has 1 unspecified atom stereocenters. The molecule has 0 radical (unpaired) electrons. The van der Waals surface area contributed by atoms with Crippen LogP contribution in [0, 0.1) is 13.8 Å². The van der Waals surface area contributed by atoms with Crippen molar-refractivity contribution in [2.24, 2.45) is 0 Å². The van der Waals surface area contributed by atoms with Crippen molar-refractivity contribution in [2.75, 3.05) is 5.32 Å². The van der Waals surface area contributed by atoms with Gasteiger partial charge in [0.15, 0.2) is 6.10 Å². The number of rotatable bonds is 5. The van der Waals surface area contributed by atoms with Gasteiger partial charge < -0.3 is 10.1 Å². The van der Waals surface area contributed by atoms with Crippen LogP contribution in [0.15, 0.2) is 42.5 Å². The van der Waals surface area contributed by atoms with Gasteiger partial charge >= 0.3 is 0 Å². The van der Waals surface area contributed by atoms with E-state index in [4.69, 9.17) is 4.74 Å². The van der Waals surface area contributed by atoms with Crippen molar-refractivity contribution >= 4 is 11.6 Å². The number of benzene rings is 2. The SMILES string of the molecule is CCc1ccccc1OC(C)C(=O)Nc1ccc(C)cc1C. The summed E-state index contributed by atoms with van der Waals surface area (Å²) in [5.41, 5.74) is 4.16. The summed E-state index contributed by atoms with van der Waals surface area (Å²) >= 11 is 0. The zero-order chi connectivity index (χ0) is 16.1. The van der Waals surface area contributed by atoms with Gasteiger partial charge in [-0.05, 0) is 50.5 Å². The van der Waals surface area contributed by atoms with Crippen molar-refractivity contribution in [1.82, 2.24) is 0 Å². The highest BCUT2D eigenvalue weighted by Crippen LogP contribution is 2.21. The Labute approximate surface area is 132 Å². The first kappa shape index (κ1) is 16.1. The number of anilines is 1. The monoisotopic (exact) mass is 297 g/mol. The molecular weight excluding hydrogens is 274 g/mol. The van der Waals surface area contributed by atoms with Crippen LogP contribution in [0.2, 0.25) is 0 Å². The maximum absolute atomic E-state index is 12.3. The second-order valence-electron chi connectivity index (χ2n) is 5.53. The molecule has 2 rings (SSSR count). The van der Waals surface area contributed by atoms with E-state index in [9.17, 15) is 4.79 Å². The second-order valence-corrected chi connectivity index (χ2v) is 5.53. The first-order valence-electron chi connectivity index (χ1n) is 7.64. The van der Waals surface area contributed by atoms with E-state index in [1.807, 2.05) is 56.3 Å². The second kappa shape index (κ2) is 7.12. The zero-order valence-electron chi connectivity index (χ0n) is 13.6. The Balaban J connectivity index is 2.06. The standard InChI is InChI=1S/C19H23NO2/c1-5-16-8-6-7-9-18(16)22-15(4)19(21)20-17-11-10-13(2)12-14(17)3/h6-12,15H,5H2,1-4H3,(H,20,21). The van der Waals surface area contributed by atoms with Crippen molar-refractivity contribution < 1.29 is 9.53 Å². The Hall–Kier alpha value is -2.29. The normalized spacial score (nSPS) is 11.8. The average molecular weight is 297 g/mol. The van der Waals surface area contributed by atoms with E-state index in [0.29, 0.717) is 0 Å². The molecule has 0 fully saturated rings. The van der Waals surface area contributed by atoms with Gasteiger partial charge in [-0.1, -0.05) is 42.8 Å². The van der Waals surface area contributed by atoms with Gasteiger partial charge in [0.2, 0.25) is 0 Å². The van der Waals surface area contributed by atoms with E-state index in [1.54, 1.807) is 6.92 Å².